The molecular formula is C15H13F3N4O4S. The van der Waals surface area contributed by atoms with Crippen LogP contribution in [0.1, 0.15) is 18.0 Å². The fraction of sp³-hybridized carbons (Fsp3) is 0.333. The molecule has 1 saturated heterocycles. The van der Waals surface area contributed by atoms with Crippen LogP contribution in [0.4, 0.5) is 18.9 Å². The van der Waals surface area contributed by atoms with Crippen molar-refractivity contribution in [2.45, 2.75) is 18.3 Å². The highest BCUT2D eigenvalue weighted by Crippen LogP contribution is 2.56. The van der Waals surface area contributed by atoms with Gasteiger partial charge >= 0.3 is 10.2 Å². The molecule has 4 rings (SSSR count). The zero-order valence-corrected chi connectivity index (χ0v) is 14.6. The number of benzene rings is 1. The molecule has 8 nitrogen and oxygen atoms in total. The first kappa shape index (κ1) is 17.6. The Hall–Kier alpha value is -2.76. The second-order valence-corrected chi connectivity index (χ2v) is 8.02. The Morgan fingerprint density at radius 2 is 2.04 bits per heavy atom. The summed E-state index contributed by atoms with van der Waals surface area (Å²) in [7, 11) is -2.90. The minimum absolute atomic E-state index is 0.00447. The lowest BCUT2D eigenvalue weighted by Gasteiger charge is -2.18. The van der Waals surface area contributed by atoms with E-state index in [4.69, 9.17) is 0 Å². The van der Waals surface area contributed by atoms with Gasteiger partial charge in [-0.2, -0.15) is 13.5 Å². The first-order valence-corrected chi connectivity index (χ1v) is 9.22. The lowest BCUT2D eigenvalue weighted by Crippen LogP contribution is -2.30. The Morgan fingerprint density at radius 1 is 1.37 bits per heavy atom. The second kappa shape index (κ2) is 5.38. The highest BCUT2D eigenvalue weighted by atomic mass is 32.2. The molecule has 1 unspecified atom stereocenters. The number of nitrogens with zero attached hydrogens (tertiary/aromatic N) is 3. The topological polar surface area (TPSA) is 105 Å². The van der Waals surface area contributed by atoms with E-state index in [0.29, 0.717) is 4.31 Å². The largest absolute Gasteiger partial charge is 0.506 e. The van der Waals surface area contributed by atoms with E-state index in [9.17, 15) is 27.1 Å². The predicted octanol–water partition coefficient (Wildman–Crippen LogP) is 1.24. The zero-order valence-electron chi connectivity index (χ0n) is 13.8. The number of alkyl halides is 2. The molecular weight excluding hydrogens is 389 g/mol. The average molecular weight is 402 g/mol. The van der Waals surface area contributed by atoms with Gasteiger partial charge in [0.2, 0.25) is 0 Å². The maximum Gasteiger partial charge on any atom is 0.326 e. The van der Waals surface area contributed by atoms with Crippen LogP contribution in [-0.2, 0) is 22.1 Å². The molecule has 1 saturated carbocycles. The standard InChI is InChI=1S/C15H13F3N4O4S/c1-21-10(8-5-15(8,17)18)4-9(19-21)7-2-3-11(23)14(13(7)16)22-6-12(24)20-27(22,25)26/h2-4,8,23H,5-6H2,1H3,(H,20,24). The van der Waals surface area contributed by atoms with E-state index in [0.717, 1.165) is 12.1 Å². The molecule has 144 valence electrons. The molecule has 1 atom stereocenters. The summed E-state index contributed by atoms with van der Waals surface area (Å²) < 4.78 is 68.9. The van der Waals surface area contributed by atoms with Crippen LogP contribution >= 0.6 is 0 Å². The van der Waals surface area contributed by atoms with Gasteiger partial charge in [0.05, 0.1) is 11.6 Å². The molecule has 12 heteroatoms. The van der Waals surface area contributed by atoms with E-state index in [2.05, 4.69) is 5.10 Å². The summed E-state index contributed by atoms with van der Waals surface area (Å²) in [6.45, 7) is -0.696. The van der Waals surface area contributed by atoms with E-state index in [1.165, 1.54) is 17.8 Å². The van der Waals surface area contributed by atoms with Gasteiger partial charge in [0, 0.05) is 24.7 Å². The third-order valence-corrected chi connectivity index (χ3v) is 5.92. The molecule has 27 heavy (non-hydrogen) atoms. The molecule has 1 aromatic carbocycles. The van der Waals surface area contributed by atoms with Crippen molar-refractivity contribution in [3.05, 3.63) is 29.7 Å². The van der Waals surface area contributed by atoms with Crippen molar-refractivity contribution in [2.24, 2.45) is 7.05 Å². The molecule has 2 heterocycles. The first-order valence-electron chi connectivity index (χ1n) is 7.78. The van der Waals surface area contributed by atoms with Crippen LogP contribution in [0.15, 0.2) is 18.2 Å². The number of aryl methyl sites for hydroxylation is 1. The van der Waals surface area contributed by atoms with Crippen molar-refractivity contribution in [3.63, 3.8) is 0 Å². The molecule has 1 aliphatic carbocycles. The third kappa shape index (κ3) is 2.71. The van der Waals surface area contributed by atoms with Gasteiger partial charge in [-0.25, -0.2) is 22.2 Å². The maximum atomic E-state index is 15.0. The number of carbonyl (C=O) groups is 1. The number of rotatable bonds is 3. The van der Waals surface area contributed by atoms with Crippen molar-refractivity contribution in [1.29, 1.82) is 0 Å². The summed E-state index contributed by atoms with van der Waals surface area (Å²) in [5.74, 6) is -6.55. The molecule has 2 aromatic rings. The van der Waals surface area contributed by atoms with Crippen LogP contribution in [-0.4, -0.2) is 41.7 Å². The molecule has 1 aromatic heterocycles. The van der Waals surface area contributed by atoms with Gasteiger partial charge in [0.25, 0.3) is 11.8 Å². The van der Waals surface area contributed by atoms with Crippen molar-refractivity contribution < 1.29 is 31.5 Å². The number of aromatic nitrogens is 2. The highest BCUT2D eigenvalue weighted by Gasteiger charge is 2.59. The van der Waals surface area contributed by atoms with Crippen LogP contribution in [0.25, 0.3) is 11.3 Å². The van der Waals surface area contributed by atoms with Gasteiger partial charge in [0.15, 0.2) is 5.82 Å². The fourth-order valence-corrected chi connectivity index (χ4v) is 4.27. The highest BCUT2D eigenvalue weighted by molar-refractivity contribution is 7.92. The minimum Gasteiger partial charge on any atom is -0.506 e. The zero-order chi connectivity index (χ0) is 19.7. The fourth-order valence-electron chi connectivity index (χ4n) is 3.11. The summed E-state index contributed by atoms with van der Waals surface area (Å²) in [4.78, 5) is 11.4. The number of phenolic OH excluding ortho intramolecular Hbond substituents is 1. The molecule has 0 radical (unpaired) electrons. The molecule has 1 aliphatic heterocycles. The van der Waals surface area contributed by atoms with Crippen LogP contribution in [0, 0.1) is 5.82 Å². The van der Waals surface area contributed by atoms with Crippen LogP contribution in [0.2, 0.25) is 0 Å². The van der Waals surface area contributed by atoms with E-state index in [-0.39, 0.29) is 23.4 Å². The number of nitrogens with one attached hydrogen (secondary N) is 1. The quantitative estimate of drug-likeness (QED) is 0.804. The minimum atomic E-state index is -4.35. The van der Waals surface area contributed by atoms with Crippen molar-refractivity contribution in [2.75, 3.05) is 10.8 Å². The number of amides is 1. The number of aromatic hydroxyl groups is 1. The monoisotopic (exact) mass is 402 g/mol. The summed E-state index contributed by atoms with van der Waals surface area (Å²) in [6.07, 6.45) is -0.324. The van der Waals surface area contributed by atoms with Crippen molar-refractivity contribution in [3.8, 4) is 17.0 Å². The molecule has 0 spiro atoms. The van der Waals surface area contributed by atoms with Crippen LogP contribution < -0.4 is 9.03 Å². The molecule has 2 fully saturated rings. The van der Waals surface area contributed by atoms with E-state index in [1.807, 2.05) is 0 Å². The maximum absolute atomic E-state index is 15.0. The van der Waals surface area contributed by atoms with Gasteiger partial charge in [-0.05, 0) is 18.2 Å². The molecule has 2 aliphatic rings. The van der Waals surface area contributed by atoms with E-state index in [1.54, 1.807) is 4.72 Å². The Kier molecular flexibility index (Phi) is 3.51. The van der Waals surface area contributed by atoms with Crippen LogP contribution in [0.5, 0.6) is 5.75 Å². The smallest absolute Gasteiger partial charge is 0.326 e. The Balaban J connectivity index is 1.80. The summed E-state index contributed by atoms with van der Waals surface area (Å²) in [5, 5.41) is 14.0. The Morgan fingerprint density at radius 3 is 2.59 bits per heavy atom. The summed E-state index contributed by atoms with van der Waals surface area (Å²) >= 11 is 0. The van der Waals surface area contributed by atoms with Gasteiger partial charge in [-0.3, -0.25) is 9.48 Å². The summed E-state index contributed by atoms with van der Waals surface area (Å²) in [5.41, 5.74) is -0.683. The lowest BCUT2D eigenvalue weighted by atomic mass is 10.1. The van der Waals surface area contributed by atoms with E-state index >= 15 is 4.39 Å². The SMILES string of the molecule is Cn1nc(-c2ccc(O)c(N3CC(=O)NS3(=O)=O)c2F)cc1C1CC1(F)F. The van der Waals surface area contributed by atoms with Crippen molar-refractivity contribution >= 4 is 21.8 Å². The number of phenols is 1. The Labute approximate surface area is 151 Å². The van der Waals surface area contributed by atoms with Gasteiger partial charge < -0.3 is 5.11 Å². The number of anilines is 1. The Bertz CT molecular complexity index is 1080. The number of hydrogen-bond donors (Lipinski definition) is 2. The lowest BCUT2D eigenvalue weighted by molar-refractivity contribution is -0.117. The van der Waals surface area contributed by atoms with E-state index < -0.39 is 51.8 Å². The number of hydrogen-bond acceptors (Lipinski definition) is 5. The molecule has 2 N–H and O–H groups in total. The molecule has 1 amide bonds. The van der Waals surface area contributed by atoms with Crippen LogP contribution in [0.3, 0.4) is 0 Å². The normalized spacial score (nSPS) is 22.7. The second-order valence-electron chi connectivity index (χ2n) is 6.43. The molecule has 0 bridgehead atoms. The third-order valence-electron chi connectivity index (χ3n) is 4.54. The average Bonchev–Trinajstić information content (AvgIpc) is 2.86. The van der Waals surface area contributed by atoms with Crippen molar-refractivity contribution in [1.82, 2.24) is 14.5 Å². The number of carbonyl (C=O) groups excluding carboxylic acids is 1. The van der Waals surface area contributed by atoms with Gasteiger partial charge in [-0.1, -0.05) is 0 Å². The van der Waals surface area contributed by atoms with Gasteiger partial charge in [0.1, 0.15) is 18.0 Å². The number of halogens is 3. The summed E-state index contributed by atoms with van der Waals surface area (Å²) in [6, 6.07) is 3.50. The first-order chi connectivity index (χ1) is 12.5. The van der Waals surface area contributed by atoms with Gasteiger partial charge in [-0.15, -0.1) is 0 Å². The predicted molar refractivity (Wildman–Crippen MR) is 87.0 cm³/mol.